The Balaban J connectivity index is 2.16. The fraction of sp³-hybridized carbons (Fsp3) is 0.308. The van der Waals surface area contributed by atoms with Gasteiger partial charge in [0.15, 0.2) is 5.69 Å². The molecule has 21 heavy (non-hydrogen) atoms. The number of nitrogens with one attached hydrogen (secondary N) is 1. The lowest BCUT2D eigenvalue weighted by molar-refractivity contribution is 0.0520. The minimum Gasteiger partial charge on any atom is -0.488 e. The van der Waals surface area contributed by atoms with Crippen molar-refractivity contribution < 1.29 is 23.0 Å². The Hall–Kier alpha value is -2.51. The zero-order valence-electron chi connectivity index (χ0n) is 11.2. The molecule has 0 saturated carbocycles. The van der Waals surface area contributed by atoms with Crippen LogP contribution in [0.25, 0.3) is 11.3 Å². The number of esters is 1. The number of hydrogen-bond donors (Lipinski definition) is 1. The molecule has 0 radical (unpaired) electrons. The van der Waals surface area contributed by atoms with Gasteiger partial charge in [-0.15, -0.1) is 5.10 Å². The van der Waals surface area contributed by atoms with E-state index in [1.54, 1.807) is 19.1 Å². The van der Waals surface area contributed by atoms with Gasteiger partial charge < -0.3 is 9.47 Å². The Kier molecular flexibility index (Phi) is 4.81. The summed E-state index contributed by atoms with van der Waals surface area (Å²) in [6.45, 7) is 1.25. The van der Waals surface area contributed by atoms with E-state index in [0.29, 0.717) is 17.0 Å². The van der Waals surface area contributed by atoms with Crippen molar-refractivity contribution in [3.63, 3.8) is 0 Å². The van der Waals surface area contributed by atoms with E-state index in [2.05, 4.69) is 15.4 Å². The molecule has 0 unspecified atom stereocenters. The summed E-state index contributed by atoms with van der Waals surface area (Å²) in [5.41, 5.74) is 0.989. The van der Waals surface area contributed by atoms with E-state index in [9.17, 15) is 13.6 Å². The van der Waals surface area contributed by atoms with Crippen molar-refractivity contribution >= 4 is 5.97 Å². The quantitative estimate of drug-likeness (QED) is 0.828. The number of nitrogens with zero attached hydrogens (tertiary/aromatic N) is 2. The normalized spacial score (nSPS) is 10.7. The Morgan fingerprint density at radius 1 is 1.29 bits per heavy atom. The first-order valence-corrected chi connectivity index (χ1v) is 6.21. The summed E-state index contributed by atoms with van der Waals surface area (Å²) in [5.74, 6) is -0.278. The molecule has 6 nitrogen and oxygen atoms in total. The van der Waals surface area contributed by atoms with Gasteiger partial charge >= 0.3 is 5.97 Å². The molecule has 0 fully saturated rings. The van der Waals surface area contributed by atoms with Crippen molar-refractivity contribution in [3.05, 3.63) is 30.0 Å². The van der Waals surface area contributed by atoms with Crippen LogP contribution in [0.4, 0.5) is 8.78 Å². The number of benzene rings is 1. The molecule has 8 heteroatoms. The van der Waals surface area contributed by atoms with E-state index >= 15 is 0 Å². The first-order valence-electron chi connectivity index (χ1n) is 6.21. The van der Waals surface area contributed by atoms with Crippen LogP contribution in [0.3, 0.4) is 0 Å². The molecule has 1 aromatic heterocycles. The summed E-state index contributed by atoms with van der Waals surface area (Å²) in [6.07, 6.45) is -2.53. The van der Waals surface area contributed by atoms with Crippen LogP contribution in [0, 0.1) is 0 Å². The van der Waals surface area contributed by atoms with Gasteiger partial charge in [-0.25, -0.2) is 13.6 Å². The van der Waals surface area contributed by atoms with Crippen molar-refractivity contribution in [2.45, 2.75) is 13.3 Å². The topological polar surface area (TPSA) is 77.1 Å². The van der Waals surface area contributed by atoms with Crippen LogP contribution in [-0.4, -0.2) is 41.0 Å². The lowest BCUT2D eigenvalue weighted by Crippen LogP contribution is -2.07. The van der Waals surface area contributed by atoms with E-state index < -0.39 is 19.0 Å². The number of H-pyrrole nitrogens is 1. The number of halogens is 2. The maximum atomic E-state index is 12.0. The monoisotopic (exact) mass is 297 g/mol. The standard InChI is InChI=1S/C13H13F2N3O3/c1-2-20-13(19)12-11(16-18-17-12)8-3-5-9(6-4-8)21-7-10(14)15/h3-6,10H,2,7H2,1H3,(H,16,17,18). The van der Waals surface area contributed by atoms with E-state index in [1.807, 2.05) is 0 Å². The molecule has 112 valence electrons. The van der Waals surface area contributed by atoms with Crippen LogP contribution in [0.2, 0.25) is 0 Å². The van der Waals surface area contributed by atoms with Crippen molar-refractivity contribution in [2.24, 2.45) is 0 Å². The van der Waals surface area contributed by atoms with Gasteiger partial charge in [-0.05, 0) is 31.2 Å². The number of alkyl halides is 2. The summed E-state index contributed by atoms with van der Waals surface area (Å²) in [7, 11) is 0. The zero-order valence-corrected chi connectivity index (χ0v) is 11.2. The van der Waals surface area contributed by atoms with Crippen LogP contribution < -0.4 is 4.74 Å². The number of carbonyl (C=O) groups excluding carboxylic acids is 1. The Labute approximate surface area is 119 Å². The molecule has 0 bridgehead atoms. The minimum absolute atomic E-state index is 0.0677. The number of carbonyl (C=O) groups is 1. The summed E-state index contributed by atoms with van der Waals surface area (Å²) < 4.78 is 33.8. The Morgan fingerprint density at radius 3 is 2.62 bits per heavy atom. The predicted octanol–water partition coefficient (Wildman–Crippen LogP) is 2.29. The highest BCUT2D eigenvalue weighted by molar-refractivity contribution is 5.93. The van der Waals surface area contributed by atoms with Gasteiger partial charge in [0.2, 0.25) is 0 Å². The summed E-state index contributed by atoms with van der Waals surface area (Å²) in [5, 5.41) is 10.0. The van der Waals surface area contributed by atoms with Gasteiger partial charge in [0.25, 0.3) is 6.43 Å². The second kappa shape index (κ2) is 6.78. The Morgan fingerprint density at radius 2 is 2.00 bits per heavy atom. The third-order valence-corrected chi connectivity index (χ3v) is 2.52. The number of ether oxygens (including phenoxy) is 2. The molecule has 1 N–H and O–H groups in total. The fourth-order valence-corrected chi connectivity index (χ4v) is 1.64. The molecular weight excluding hydrogens is 284 g/mol. The van der Waals surface area contributed by atoms with E-state index in [0.717, 1.165) is 0 Å². The van der Waals surface area contributed by atoms with Crippen molar-refractivity contribution in [3.8, 4) is 17.0 Å². The molecule has 1 heterocycles. The summed E-state index contributed by atoms with van der Waals surface area (Å²) >= 11 is 0. The first-order chi connectivity index (χ1) is 10.1. The molecule has 0 aliphatic heterocycles. The number of aromatic nitrogens is 3. The van der Waals surface area contributed by atoms with E-state index in [1.165, 1.54) is 12.1 Å². The summed E-state index contributed by atoms with van der Waals surface area (Å²) in [6, 6.07) is 6.23. The van der Waals surface area contributed by atoms with Crippen LogP contribution in [0.15, 0.2) is 24.3 Å². The molecule has 0 amide bonds. The van der Waals surface area contributed by atoms with Gasteiger partial charge in [0.1, 0.15) is 18.1 Å². The maximum absolute atomic E-state index is 12.0. The fourth-order valence-electron chi connectivity index (χ4n) is 1.64. The summed E-state index contributed by atoms with van der Waals surface area (Å²) in [4.78, 5) is 11.7. The second-order valence-corrected chi connectivity index (χ2v) is 3.97. The highest BCUT2D eigenvalue weighted by Crippen LogP contribution is 2.23. The molecule has 0 spiro atoms. The molecule has 1 aromatic carbocycles. The average molecular weight is 297 g/mol. The van der Waals surface area contributed by atoms with Crippen LogP contribution in [-0.2, 0) is 4.74 Å². The number of hydrogen-bond acceptors (Lipinski definition) is 5. The zero-order chi connectivity index (χ0) is 15.2. The Bertz CT molecular complexity index is 599. The third kappa shape index (κ3) is 3.74. The molecule has 2 aromatic rings. The van der Waals surface area contributed by atoms with E-state index in [-0.39, 0.29) is 12.3 Å². The van der Waals surface area contributed by atoms with Crippen molar-refractivity contribution in [1.82, 2.24) is 15.4 Å². The average Bonchev–Trinajstić information content (AvgIpc) is 2.95. The van der Waals surface area contributed by atoms with Gasteiger partial charge in [-0.2, -0.15) is 10.3 Å². The minimum atomic E-state index is -2.53. The largest absolute Gasteiger partial charge is 0.488 e. The van der Waals surface area contributed by atoms with E-state index in [4.69, 9.17) is 9.47 Å². The van der Waals surface area contributed by atoms with Crippen molar-refractivity contribution in [1.29, 1.82) is 0 Å². The van der Waals surface area contributed by atoms with Crippen molar-refractivity contribution in [2.75, 3.05) is 13.2 Å². The second-order valence-electron chi connectivity index (χ2n) is 3.97. The SMILES string of the molecule is CCOC(=O)c1n[nH]nc1-c1ccc(OCC(F)F)cc1. The molecule has 0 aliphatic rings. The van der Waals surface area contributed by atoms with Gasteiger partial charge in [0, 0.05) is 5.56 Å². The van der Waals surface area contributed by atoms with Gasteiger partial charge in [-0.1, -0.05) is 0 Å². The number of aromatic amines is 1. The smallest absolute Gasteiger partial charge is 0.361 e. The predicted molar refractivity (Wildman–Crippen MR) is 69.3 cm³/mol. The molecule has 2 rings (SSSR count). The molecule has 0 atom stereocenters. The maximum Gasteiger partial charge on any atom is 0.361 e. The lowest BCUT2D eigenvalue weighted by atomic mass is 10.1. The van der Waals surface area contributed by atoms with Crippen LogP contribution in [0.5, 0.6) is 5.75 Å². The number of rotatable bonds is 6. The van der Waals surface area contributed by atoms with Crippen LogP contribution >= 0.6 is 0 Å². The highest BCUT2D eigenvalue weighted by Gasteiger charge is 2.18. The molecule has 0 saturated heterocycles. The highest BCUT2D eigenvalue weighted by atomic mass is 19.3. The van der Waals surface area contributed by atoms with Crippen LogP contribution in [0.1, 0.15) is 17.4 Å². The molecular formula is C13H13F2N3O3. The molecule has 0 aliphatic carbocycles. The lowest BCUT2D eigenvalue weighted by Gasteiger charge is -2.06. The van der Waals surface area contributed by atoms with Gasteiger partial charge in [0.05, 0.1) is 6.61 Å². The van der Waals surface area contributed by atoms with Gasteiger partial charge in [-0.3, -0.25) is 0 Å². The third-order valence-electron chi connectivity index (χ3n) is 2.52. The first kappa shape index (κ1) is 14.9.